The van der Waals surface area contributed by atoms with Gasteiger partial charge in [-0.1, -0.05) is 0 Å². The summed E-state index contributed by atoms with van der Waals surface area (Å²) in [6.45, 7) is 1.32. The summed E-state index contributed by atoms with van der Waals surface area (Å²) in [5, 5.41) is 17.0. The molecule has 0 amide bonds. The second-order valence-electron chi connectivity index (χ2n) is 2.50. The monoisotopic (exact) mass is 166 g/mol. The zero-order valence-corrected chi connectivity index (χ0v) is 6.56. The van der Waals surface area contributed by atoms with Gasteiger partial charge in [0.2, 0.25) is 5.24 Å². The third-order valence-electron chi connectivity index (χ3n) is 1.17. The Labute approximate surface area is 64.6 Å². The molecule has 0 unspecified atom stereocenters. The zero-order chi connectivity index (χ0) is 8.20. The van der Waals surface area contributed by atoms with Crippen molar-refractivity contribution in [3.05, 3.63) is 0 Å². The van der Waals surface area contributed by atoms with Crippen LogP contribution in [0.3, 0.4) is 0 Å². The topological polar surface area (TPSA) is 57.5 Å². The molecular weight excluding hydrogens is 156 g/mol. The van der Waals surface area contributed by atoms with Gasteiger partial charge >= 0.3 is 0 Å². The molecule has 60 valence electrons. The molecular formula is C6H11ClO3. The highest BCUT2D eigenvalue weighted by Crippen LogP contribution is 2.14. The van der Waals surface area contributed by atoms with Gasteiger partial charge in [0, 0.05) is 6.61 Å². The van der Waals surface area contributed by atoms with Crippen molar-refractivity contribution in [3.63, 3.8) is 0 Å². The van der Waals surface area contributed by atoms with Crippen LogP contribution in [-0.2, 0) is 4.79 Å². The number of carbonyl (C=O) groups excluding carboxylic acids is 1. The van der Waals surface area contributed by atoms with Gasteiger partial charge in [0.05, 0.1) is 12.0 Å². The predicted molar refractivity (Wildman–Crippen MR) is 37.8 cm³/mol. The molecule has 0 saturated heterocycles. The number of hydrogen-bond donors (Lipinski definition) is 2. The van der Waals surface area contributed by atoms with Crippen molar-refractivity contribution in [3.8, 4) is 0 Å². The van der Waals surface area contributed by atoms with Crippen LogP contribution in [0.4, 0.5) is 0 Å². The highest BCUT2D eigenvalue weighted by atomic mass is 35.5. The van der Waals surface area contributed by atoms with Gasteiger partial charge in [-0.3, -0.25) is 4.79 Å². The van der Waals surface area contributed by atoms with E-state index in [0.717, 1.165) is 0 Å². The van der Waals surface area contributed by atoms with Gasteiger partial charge in [0.15, 0.2) is 0 Å². The second-order valence-corrected chi connectivity index (χ2v) is 2.92. The average Bonchev–Trinajstić information content (AvgIpc) is 1.59. The zero-order valence-electron chi connectivity index (χ0n) is 5.80. The lowest BCUT2D eigenvalue weighted by Crippen LogP contribution is -2.27. The van der Waals surface area contributed by atoms with Crippen molar-refractivity contribution < 1.29 is 15.0 Å². The molecule has 3 nitrogen and oxygen atoms in total. The lowest BCUT2D eigenvalue weighted by Gasteiger charge is -2.19. The van der Waals surface area contributed by atoms with Crippen LogP contribution >= 0.6 is 11.6 Å². The van der Waals surface area contributed by atoms with Crippen LogP contribution < -0.4 is 0 Å². The van der Waals surface area contributed by atoms with E-state index < -0.39 is 10.8 Å². The third kappa shape index (κ3) is 4.73. The van der Waals surface area contributed by atoms with Crippen LogP contribution in [0.25, 0.3) is 0 Å². The SMILES string of the molecule is C[C@@](O)(CCO)CC(=O)Cl. The summed E-state index contributed by atoms with van der Waals surface area (Å²) >= 11 is 5.02. The quantitative estimate of drug-likeness (QED) is 0.590. The summed E-state index contributed by atoms with van der Waals surface area (Å²) < 4.78 is 0. The Morgan fingerprint density at radius 3 is 2.50 bits per heavy atom. The number of halogens is 1. The van der Waals surface area contributed by atoms with E-state index >= 15 is 0 Å². The normalized spacial score (nSPS) is 16.4. The van der Waals surface area contributed by atoms with Crippen LogP contribution in [0, 0.1) is 0 Å². The van der Waals surface area contributed by atoms with E-state index in [1.54, 1.807) is 0 Å². The first-order chi connectivity index (χ1) is 4.48. The van der Waals surface area contributed by atoms with E-state index in [2.05, 4.69) is 0 Å². The van der Waals surface area contributed by atoms with Gasteiger partial charge in [-0.15, -0.1) is 0 Å². The molecule has 0 aliphatic rings. The van der Waals surface area contributed by atoms with Crippen molar-refractivity contribution in [2.45, 2.75) is 25.4 Å². The summed E-state index contributed by atoms with van der Waals surface area (Å²) in [6.07, 6.45) is 0.0561. The molecule has 0 radical (unpaired) electrons. The van der Waals surface area contributed by atoms with Crippen molar-refractivity contribution in [2.24, 2.45) is 0 Å². The van der Waals surface area contributed by atoms with Gasteiger partial charge in [0.1, 0.15) is 0 Å². The molecule has 0 aliphatic heterocycles. The fourth-order valence-electron chi connectivity index (χ4n) is 0.629. The molecule has 0 heterocycles. The molecule has 2 N–H and O–H groups in total. The van der Waals surface area contributed by atoms with E-state index in [-0.39, 0.29) is 19.4 Å². The molecule has 0 rings (SSSR count). The first-order valence-corrected chi connectivity index (χ1v) is 3.37. The van der Waals surface area contributed by atoms with Crippen molar-refractivity contribution in [2.75, 3.05) is 6.61 Å². The standard InChI is InChI=1S/C6H11ClO3/c1-6(10,2-3-8)4-5(7)9/h8,10H,2-4H2,1H3/t6-/m1/s1. The fraction of sp³-hybridized carbons (Fsp3) is 0.833. The Bertz CT molecular complexity index is 122. The predicted octanol–water partition coefficient (Wildman–Crippen LogP) is 0.275. The highest BCUT2D eigenvalue weighted by molar-refractivity contribution is 6.63. The molecule has 10 heavy (non-hydrogen) atoms. The summed E-state index contributed by atoms with van der Waals surface area (Å²) in [5.74, 6) is 0. The van der Waals surface area contributed by atoms with E-state index in [4.69, 9.17) is 16.7 Å². The van der Waals surface area contributed by atoms with E-state index in [0.29, 0.717) is 0 Å². The summed E-state index contributed by atoms with van der Waals surface area (Å²) in [4.78, 5) is 10.3. The smallest absolute Gasteiger partial charge is 0.224 e. The maximum absolute atomic E-state index is 10.3. The average molecular weight is 167 g/mol. The number of aliphatic hydroxyl groups excluding tert-OH is 1. The van der Waals surface area contributed by atoms with Crippen LogP contribution in [-0.4, -0.2) is 27.7 Å². The van der Waals surface area contributed by atoms with Gasteiger partial charge < -0.3 is 10.2 Å². The maximum atomic E-state index is 10.3. The van der Waals surface area contributed by atoms with Gasteiger partial charge in [-0.2, -0.15) is 0 Å². The lowest BCUT2D eigenvalue weighted by molar-refractivity contribution is -0.116. The third-order valence-corrected chi connectivity index (χ3v) is 1.30. The number of aliphatic hydroxyl groups is 2. The van der Waals surface area contributed by atoms with Gasteiger partial charge in [-0.05, 0) is 24.9 Å². The van der Waals surface area contributed by atoms with Crippen molar-refractivity contribution in [1.82, 2.24) is 0 Å². The van der Waals surface area contributed by atoms with E-state index in [9.17, 15) is 9.90 Å². The summed E-state index contributed by atoms with van der Waals surface area (Å²) in [5.41, 5.74) is -1.16. The van der Waals surface area contributed by atoms with Crippen LogP contribution in [0.15, 0.2) is 0 Å². The molecule has 0 fully saturated rings. The number of carbonyl (C=O) groups is 1. The minimum atomic E-state index is -1.16. The van der Waals surface area contributed by atoms with Crippen LogP contribution in [0.5, 0.6) is 0 Å². The molecule has 0 aromatic carbocycles. The lowest BCUT2D eigenvalue weighted by atomic mass is 10.00. The van der Waals surface area contributed by atoms with Crippen molar-refractivity contribution in [1.29, 1.82) is 0 Å². The Balaban J connectivity index is 3.74. The first-order valence-electron chi connectivity index (χ1n) is 2.99. The summed E-state index contributed by atoms with van der Waals surface area (Å²) in [7, 11) is 0. The molecule has 0 spiro atoms. The minimum Gasteiger partial charge on any atom is -0.396 e. The largest absolute Gasteiger partial charge is 0.396 e. The van der Waals surface area contributed by atoms with Crippen LogP contribution in [0.2, 0.25) is 0 Å². The fourth-order valence-corrected chi connectivity index (χ4v) is 0.917. The molecule has 0 saturated carbocycles. The molecule has 0 bridgehead atoms. The summed E-state index contributed by atoms with van der Waals surface area (Å²) in [6, 6.07) is 0. The highest BCUT2D eigenvalue weighted by Gasteiger charge is 2.22. The molecule has 1 atom stereocenters. The van der Waals surface area contributed by atoms with Gasteiger partial charge in [-0.25, -0.2) is 0 Å². The maximum Gasteiger partial charge on any atom is 0.224 e. The van der Waals surface area contributed by atoms with E-state index in [1.165, 1.54) is 6.92 Å². The molecule has 0 aromatic rings. The molecule has 0 aliphatic carbocycles. The number of rotatable bonds is 4. The Morgan fingerprint density at radius 2 is 2.20 bits per heavy atom. The van der Waals surface area contributed by atoms with Crippen LogP contribution in [0.1, 0.15) is 19.8 Å². The number of hydrogen-bond acceptors (Lipinski definition) is 3. The Hall–Kier alpha value is -0.120. The second kappa shape index (κ2) is 3.91. The van der Waals surface area contributed by atoms with E-state index in [1.807, 2.05) is 0 Å². The Kier molecular flexibility index (Phi) is 3.86. The van der Waals surface area contributed by atoms with Crippen molar-refractivity contribution >= 4 is 16.8 Å². The first kappa shape index (κ1) is 9.88. The minimum absolute atomic E-state index is 0.116. The Morgan fingerprint density at radius 1 is 1.70 bits per heavy atom. The van der Waals surface area contributed by atoms with Gasteiger partial charge in [0.25, 0.3) is 0 Å². The molecule has 0 aromatic heterocycles. The molecule has 4 heteroatoms.